The predicted octanol–water partition coefficient (Wildman–Crippen LogP) is 4.26. The minimum Gasteiger partial charge on any atom is -0.337 e. The van der Waals surface area contributed by atoms with Crippen LogP contribution >= 0.6 is 0 Å². The van der Waals surface area contributed by atoms with Crippen LogP contribution in [0.25, 0.3) is 0 Å². The van der Waals surface area contributed by atoms with Crippen LogP contribution in [0.2, 0.25) is 0 Å². The number of rotatable bonds is 4. The van der Waals surface area contributed by atoms with Crippen molar-refractivity contribution in [2.24, 2.45) is 5.92 Å². The molecule has 0 amide bonds. The molecule has 0 saturated heterocycles. The quantitative estimate of drug-likeness (QED) is 0.786. The van der Waals surface area contributed by atoms with E-state index in [0.29, 0.717) is 11.9 Å². The Kier molecular flexibility index (Phi) is 4.08. The number of carbonyl (C=O) groups is 1. The fourth-order valence-electron chi connectivity index (χ4n) is 4.02. The molecule has 0 radical (unpaired) electrons. The first kappa shape index (κ1) is 15.4. The topological polar surface area (TPSA) is 59.2 Å². The molecule has 0 spiro atoms. The Hall–Kier alpha value is -2.17. The van der Waals surface area contributed by atoms with Crippen LogP contribution < -0.4 is 4.90 Å². The summed E-state index contributed by atoms with van der Waals surface area (Å²) < 4.78 is 5.59. The average Bonchev–Trinajstić information content (AvgIpc) is 3.28. The van der Waals surface area contributed by atoms with Crippen LogP contribution in [0.5, 0.6) is 0 Å². The van der Waals surface area contributed by atoms with Crippen LogP contribution in [-0.4, -0.2) is 23.0 Å². The highest BCUT2D eigenvalue weighted by atomic mass is 16.5. The molecule has 5 heteroatoms. The van der Waals surface area contributed by atoms with Gasteiger partial charge in [-0.2, -0.15) is 4.98 Å². The Morgan fingerprint density at radius 2 is 2.12 bits per heavy atom. The van der Waals surface area contributed by atoms with Crippen molar-refractivity contribution in [3.05, 3.63) is 35.2 Å². The fourth-order valence-corrected chi connectivity index (χ4v) is 4.02. The van der Waals surface area contributed by atoms with Crippen molar-refractivity contribution >= 4 is 17.9 Å². The number of aldehydes is 1. The van der Waals surface area contributed by atoms with Gasteiger partial charge in [0.2, 0.25) is 5.89 Å². The molecule has 1 aliphatic carbocycles. The van der Waals surface area contributed by atoms with Gasteiger partial charge in [-0.1, -0.05) is 13.3 Å². The van der Waals surface area contributed by atoms with Crippen molar-refractivity contribution in [3.8, 4) is 0 Å². The van der Waals surface area contributed by atoms with E-state index in [0.717, 1.165) is 55.2 Å². The summed E-state index contributed by atoms with van der Waals surface area (Å²) in [5.41, 5.74) is 2.98. The molecule has 2 aromatic rings. The molecular formula is C19H23N3O2. The number of carbonyl (C=O) groups excluding carboxylic acids is 1. The number of aromatic nitrogens is 2. The van der Waals surface area contributed by atoms with E-state index < -0.39 is 0 Å². The van der Waals surface area contributed by atoms with Gasteiger partial charge in [-0.25, -0.2) is 0 Å². The summed E-state index contributed by atoms with van der Waals surface area (Å²) in [6.07, 6.45) is 7.90. The minimum atomic E-state index is 0.411. The van der Waals surface area contributed by atoms with Crippen LogP contribution in [0.1, 0.15) is 66.8 Å². The summed E-state index contributed by atoms with van der Waals surface area (Å²) in [4.78, 5) is 17.7. The van der Waals surface area contributed by atoms with Crippen molar-refractivity contribution in [1.29, 1.82) is 0 Å². The van der Waals surface area contributed by atoms with Gasteiger partial charge in [0.25, 0.3) is 5.95 Å². The first-order valence-electron chi connectivity index (χ1n) is 8.97. The van der Waals surface area contributed by atoms with E-state index >= 15 is 0 Å². The highest BCUT2D eigenvalue weighted by Crippen LogP contribution is 2.38. The van der Waals surface area contributed by atoms with E-state index in [-0.39, 0.29) is 0 Å². The number of hydrogen-bond donors (Lipinski definition) is 0. The fraction of sp³-hybridized carbons (Fsp3) is 0.526. The van der Waals surface area contributed by atoms with Gasteiger partial charge >= 0.3 is 0 Å². The summed E-state index contributed by atoms with van der Waals surface area (Å²) in [7, 11) is 0. The summed E-state index contributed by atoms with van der Waals surface area (Å²) in [5, 5.41) is 4.22. The van der Waals surface area contributed by atoms with Gasteiger partial charge in [0.1, 0.15) is 6.29 Å². The van der Waals surface area contributed by atoms with Crippen LogP contribution in [0.4, 0.5) is 11.6 Å². The van der Waals surface area contributed by atoms with E-state index in [2.05, 4.69) is 22.0 Å². The lowest BCUT2D eigenvalue weighted by atomic mass is 9.81. The summed E-state index contributed by atoms with van der Waals surface area (Å²) in [6, 6.07) is 5.78. The lowest BCUT2D eigenvalue weighted by Crippen LogP contribution is -2.15. The number of hydrogen-bond acceptors (Lipinski definition) is 5. The second kappa shape index (κ2) is 6.38. The summed E-state index contributed by atoms with van der Waals surface area (Å²) in [6.45, 7) is 3.11. The molecule has 4 rings (SSSR count). The first-order chi connectivity index (χ1) is 11.8. The monoisotopic (exact) mass is 325 g/mol. The molecule has 1 aromatic heterocycles. The molecule has 126 valence electrons. The van der Waals surface area contributed by atoms with Crippen molar-refractivity contribution in [1.82, 2.24) is 10.1 Å². The third-order valence-electron chi connectivity index (χ3n) is 5.58. The molecule has 1 fully saturated rings. The highest BCUT2D eigenvalue weighted by Gasteiger charge is 2.29. The molecule has 24 heavy (non-hydrogen) atoms. The zero-order valence-corrected chi connectivity index (χ0v) is 14.1. The van der Waals surface area contributed by atoms with Crippen LogP contribution in [0.15, 0.2) is 22.7 Å². The van der Waals surface area contributed by atoms with Crippen molar-refractivity contribution in [2.75, 3.05) is 11.4 Å². The van der Waals surface area contributed by atoms with Crippen molar-refractivity contribution in [3.63, 3.8) is 0 Å². The molecule has 2 aliphatic rings. The average molecular weight is 325 g/mol. The zero-order valence-electron chi connectivity index (χ0n) is 14.1. The second-order valence-corrected chi connectivity index (χ2v) is 6.97. The largest absolute Gasteiger partial charge is 0.337 e. The Balaban J connectivity index is 1.52. The summed E-state index contributed by atoms with van der Waals surface area (Å²) in [5.74, 6) is 2.72. The van der Waals surface area contributed by atoms with E-state index in [4.69, 9.17) is 4.52 Å². The molecule has 0 unspecified atom stereocenters. The van der Waals surface area contributed by atoms with Crippen LogP contribution in [-0.2, 0) is 6.42 Å². The van der Waals surface area contributed by atoms with Crippen LogP contribution in [0, 0.1) is 5.92 Å². The van der Waals surface area contributed by atoms with Crippen LogP contribution in [0.3, 0.4) is 0 Å². The van der Waals surface area contributed by atoms with Gasteiger partial charge in [-0.15, -0.1) is 0 Å². The molecule has 1 aliphatic heterocycles. The smallest absolute Gasteiger partial charge is 0.270 e. The normalized spacial score (nSPS) is 23.3. The molecule has 0 atom stereocenters. The molecular weight excluding hydrogens is 302 g/mol. The number of anilines is 2. The van der Waals surface area contributed by atoms with Gasteiger partial charge < -0.3 is 9.42 Å². The lowest BCUT2D eigenvalue weighted by Gasteiger charge is -2.25. The minimum absolute atomic E-state index is 0.411. The molecule has 1 aromatic carbocycles. The maximum atomic E-state index is 10.9. The molecule has 0 N–H and O–H groups in total. The van der Waals surface area contributed by atoms with E-state index in [1.54, 1.807) is 0 Å². The highest BCUT2D eigenvalue weighted by molar-refractivity contribution is 5.78. The Morgan fingerprint density at radius 3 is 2.88 bits per heavy atom. The van der Waals surface area contributed by atoms with Gasteiger partial charge in [0.05, 0.1) is 0 Å². The number of benzene rings is 1. The van der Waals surface area contributed by atoms with Gasteiger partial charge in [0, 0.05) is 23.7 Å². The molecule has 2 heterocycles. The molecule has 1 saturated carbocycles. The van der Waals surface area contributed by atoms with E-state index in [9.17, 15) is 4.79 Å². The Bertz CT molecular complexity index is 732. The van der Waals surface area contributed by atoms with E-state index in [1.807, 2.05) is 18.2 Å². The lowest BCUT2D eigenvalue weighted by molar-refractivity contribution is 0.112. The first-order valence-corrected chi connectivity index (χ1v) is 8.97. The second-order valence-electron chi connectivity index (χ2n) is 6.97. The Morgan fingerprint density at radius 1 is 1.29 bits per heavy atom. The molecule has 5 nitrogen and oxygen atoms in total. The maximum absolute atomic E-state index is 10.9. The van der Waals surface area contributed by atoms with Crippen molar-refractivity contribution in [2.45, 2.75) is 51.4 Å². The zero-order chi connectivity index (χ0) is 16.5. The summed E-state index contributed by atoms with van der Waals surface area (Å²) >= 11 is 0. The molecule has 0 bridgehead atoms. The van der Waals surface area contributed by atoms with Gasteiger partial charge in [-0.05, 0) is 66.9 Å². The SMILES string of the molecule is CCC1CCC(c2nc(N3CCc4cc(C=O)ccc43)no2)CC1. The third kappa shape index (κ3) is 2.72. The van der Waals surface area contributed by atoms with Gasteiger partial charge in [-0.3, -0.25) is 4.79 Å². The van der Waals surface area contributed by atoms with Crippen molar-refractivity contribution < 1.29 is 9.32 Å². The van der Waals surface area contributed by atoms with Gasteiger partial charge in [0.15, 0.2) is 0 Å². The Labute approximate surface area is 142 Å². The van der Waals surface area contributed by atoms with E-state index in [1.165, 1.54) is 24.8 Å². The maximum Gasteiger partial charge on any atom is 0.270 e. The number of fused-ring (bicyclic) bond motifs is 1. The number of nitrogens with zero attached hydrogens (tertiary/aromatic N) is 3. The standard InChI is InChI=1S/C19H23N3O2/c1-2-13-3-6-15(7-4-13)18-20-19(21-24-18)22-10-9-16-11-14(12-23)5-8-17(16)22/h5,8,11-13,15H,2-4,6-7,9-10H2,1H3. The third-order valence-corrected chi connectivity index (χ3v) is 5.58. The predicted molar refractivity (Wildman–Crippen MR) is 91.8 cm³/mol.